The van der Waals surface area contributed by atoms with Crippen LogP contribution in [0, 0.1) is 5.92 Å². The molecule has 0 aromatic carbocycles. The molecule has 2 N–H and O–H groups in total. The highest BCUT2D eigenvalue weighted by atomic mass is 19.4. The first kappa shape index (κ1) is 11.8. The SMILES string of the molecule is CN(CC(F)(F)F)CC(C)(N)C1CC1. The Kier molecular flexibility index (Phi) is 3.11. The average molecular weight is 210 g/mol. The van der Waals surface area contributed by atoms with Crippen molar-refractivity contribution >= 4 is 0 Å². The van der Waals surface area contributed by atoms with E-state index in [9.17, 15) is 13.2 Å². The Balaban J connectivity index is 2.35. The number of halogens is 3. The summed E-state index contributed by atoms with van der Waals surface area (Å²) in [5.74, 6) is 0.401. The highest BCUT2D eigenvalue weighted by Crippen LogP contribution is 2.38. The molecule has 0 aliphatic heterocycles. The highest BCUT2D eigenvalue weighted by molar-refractivity contribution is 4.97. The van der Waals surface area contributed by atoms with Crippen molar-refractivity contribution in [3.8, 4) is 0 Å². The Labute approximate surface area is 82.2 Å². The molecule has 1 atom stereocenters. The molecule has 0 radical (unpaired) electrons. The van der Waals surface area contributed by atoms with Crippen molar-refractivity contribution in [1.29, 1.82) is 0 Å². The Morgan fingerprint density at radius 2 is 1.79 bits per heavy atom. The molecule has 0 bridgehead atoms. The molecular formula is C9H17F3N2. The average Bonchev–Trinajstić information content (AvgIpc) is 2.57. The van der Waals surface area contributed by atoms with Gasteiger partial charge in [-0.05, 0) is 32.7 Å². The van der Waals surface area contributed by atoms with Crippen LogP contribution in [0.1, 0.15) is 19.8 Å². The minimum Gasteiger partial charge on any atom is -0.324 e. The van der Waals surface area contributed by atoms with Gasteiger partial charge in [0.15, 0.2) is 0 Å². The number of rotatable bonds is 4. The molecule has 1 saturated carbocycles. The zero-order valence-electron chi connectivity index (χ0n) is 8.56. The number of nitrogens with two attached hydrogens (primary N) is 1. The summed E-state index contributed by atoms with van der Waals surface area (Å²) in [5, 5.41) is 0. The van der Waals surface area contributed by atoms with Gasteiger partial charge in [0.1, 0.15) is 0 Å². The lowest BCUT2D eigenvalue weighted by Crippen LogP contribution is -2.50. The van der Waals surface area contributed by atoms with E-state index in [1.54, 1.807) is 0 Å². The van der Waals surface area contributed by atoms with Gasteiger partial charge >= 0.3 is 6.18 Å². The summed E-state index contributed by atoms with van der Waals surface area (Å²) >= 11 is 0. The molecule has 1 aliphatic carbocycles. The van der Waals surface area contributed by atoms with E-state index in [1.165, 1.54) is 11.9 Å². The van der Waals surface area contributed by atoms with Crippen molar-refractivity contribution in [3.05, 3.63) is 0 Å². The molecule has 5 heteroatoms. The van der Waals surface area contributed by atoms with Crippen LogP contribution in [0.5, 0.6) is 0 Å². The van der Waals surface area contributed by atoms with Crippen LogP contribution in [0.25, 0.3) is 0 Å². The van der Waals surface area contributed by atoms with Crippen LogP contribution in [-0.4, -0.2) is 36.8 Å². The van der Waals surface area contributed by atoms with Crippen LogP contribution in [0.4, 0.5) is 13.2 Å². The third kappa shape index (κ3) is 3.84. The van der Waals surface area contributed by atoms with Gasteiger partial charge in [0.25, 0.3) is 0 Å². The number of likely N-dealkylation sites (N-methyl/N-ethyl adjacent to an activating group) is 1. The van der Waals surface area contributed by atoms with E-state index in [0.29, 0.717) is 12.5 Å². The Morgan fingerprint density at radius 1 is 1.29 bits per heavy atom. The number of nitrogens with zero attached hydrogens (tertiary/aromatic N) is 1. The monoisotopic (exact) mass is 210 g/mol. The molecule has 14 heavy (non-hydrogen) atoms. The highest BCUT2D eigenvalue weighted by Gasteiger charge is 2.40. The Morgan fingerprint density at radius 3 is 2.14 bits per heavy atom. The summed E-state index contributed by atoms with van der Waals surface area (Å²) in [5.41, 5.74) is 5.46. The quantitative estimate of drug-likeness (QED) is 0.763. The fraction of sp³-hybridized carbons (Fsp3) is 1.00. The molecule has 84 valence electrons. The third-order valence-corrected chi connectivity index (χ3v) is 2.57. The Bertz CT molecular complexity index is 197. The van der Waals surface area contributed by atoms with Crippen LogP contribution in [0.3, 0.4) is 0 Å². The van der Waals surface area contributed by atoms with Crippen molar-refractivity contribution in [2.24, 2.45) is 11.7 Å². The van der Waals surface area contributed by atoms with E-state index < -0.39 is 18.3 Å². The van der Waals surface area contributed by atoms with Crippen molar-refractivity contribution in [1.82, 2.24) is 4.90 Å². The summed E-state index contributed by atoms with van der Waals surface area (Å²) < 4.78 is 36.0. The molecule has 1 unspecified atom stereocenters. The fourth-order valence-corrected chi connectivity index (χ4v) is 1.82. The molecule has 0 amide bonds. The molecule has 0 aromatic rings. The normalized spacial score (nSPS) is 22.5. The summed E-state index contributed by atoms with van der Waals surface area (Å²) in [6, 6.07) is 0. The lowest BCUT2D eigenvalue weighted by Gasteiger charge is -2.30. The van der Waals surface area contributed by atoms with Gasteiger partial charge < -0.3 is 5.73 Å². The van der Waals surface area contributed by atoms with E-state index in [1.807, 2.05) is 6.92 Å². The minimum atomic E-state index is -4.13. The van der Waals surface area contributed by atoms with Gasteiger partial charge in [-0.15, -0.1) is 0 Å². The molecule has 2 nitrogen and oxygen atoms in total. The maximum atomic E-state index is 12.0. The summed E-state index contributed by atoms with van der Waals surface area (Å²) in [4.78, 5) is 1.25. The topological polar surface area (TPSA) is 29.3 Å². The van der Waals surface area contributed by atoms with Crippen LogP contribution in [-0.2, 0) is 0 Å². The van der Waals surface area contributed by atoms with Crippen molar-refractivity contribution in [2.45, 2.75) is 31.5 Å². The molecule has 0 aromatic heterocycles. The predicted octanol–water partition coefficient (Wildman–Crippen LogP) is 1.61. The maximum Gasteiger partial charge on any atom is 0.401 e. The molecule has 1 aliphatic rings. The van der Waals surface area contributed by atoms with E-state index >= 15 is 0 Å². The summed E-state index contributed by atoms with van der Waals surface area (Å²) in [6.07, 6.45) is -2.03. The number of hydrogen-bond donors (Lipinski definition) is 1. The van der Waals surface area contributed by atoms with Crippen LogP contribution < -0.4 is 5.73 Å². The van der Waals surface area contributed by atoms with Gasteiger partial charge in [0, 0.05) is 12.1 Å². The zero-order valence-corrected chi connectivity index (χ0v) is 8.56. The first-order valence-corrected chi connectivity index (χ1v) is 4.75. The van der Waals surface area contributed by atoms with Gasteiger partial charge in [0.2, 0.25) is 0 Å². The first-order valence-electron chi connectivity index (χ1n) is 4.75. The lowest BCUT2D eigenvalue weighted by molar-refractivity contribution is -0.144. The predicted molar refractivity (Wildman–Crippen MR) is 48.9 cm³/mol. The van der Waals surface area contributed by atoms with Gasteiger partial charge in [-0.2, -0.15) is 13.2 Å². The maximum absolute atomic E-state index is 12.0. The Hall–Kier alpha value is -0.290. The van der Waals surface area contributed by atoms with Crippen molar-refractivity contribution in [2.75, 3.05) is 20.1 Å². The van der Waals surface area contributed by atoms with E-state index in [2.05, 4.69) is 0 Å². The lowest BCUT2D eigenvalue weighted by atomic mass is 9.97. The summed E-state index contributed by atoms with van der Waals surface area (Å²) in [6.45, 7) is 1.25. The largest absolute Gasteiger partial charge is 0.401 e. The van der Waals surface area contributed by atoms with Crippen LogP contribution in [0.2, 0.25) is 0 Å². The van der Waals surface area contributed by atoms with Gasteiger partial charge in [-0.25, -0.2) is 0 Å². The number of alkyl halides is 3. The van der Waals surface area contributed by atoms with E-state index in [0.717, 1.165) is 12.8 Å². The molecular weight excluding hydrogens is 193 g/mol. The van der Waals surface area contributed by atoms with Gasteiger partial charge in [0.05, 0.1) is 6.54 Å². The number of hydrogen-bond acceptors (Lipinski definition) is 2. The molecule has 0 saturated heterocycles. The molecule has 0 spiro atoms. The fourth-order valence-electron chi connectivity index (χ4n) is 1.82. The zero-order chi connectivity index (χ0) is 11.0. The second kappa shape index (κ2) is 3.70. The van der Waals surface area contributed by atoms with Crippen LogP contribution in [0.15, 0.2) is 0 Å². The summed E-state index contributed by atoms with van der Waals surface area (Å²) in [7, 11) is 1.46. The smallest absolute Gasteiger partial charge is 0.324 e. The van der Waals surface area contributed by atoms with Gasteiger partial charge in [-0.3, -0.25) is 4.90 Å². The molecule has 1 rings (SSSR count). The molecule has 1 fully saturated rings. The first-order chi connectivity index (χ1) is 6.21. The second-order valence-electron chi connectivity index (χ2n) is 4.57. The van der Waals surface area contributed by atoms with E-state index in [-0.39, 0.29) is 0 Å². The van der Waals surface area contributed by atoms with Crippen molar-refractivity contribution < 1.29 is 13.2 Å². The van der Waals surface area contributed by atoms with Gasteiger partial charge in [-0.1, -0.05) is 0 Å². The van der Waals surface area contributed by atoms with E-state index in [4.69, 9.17) is 5.73 Å². The minimum absolute atomic E-state index is 0.303. The third-order valence-electron chi connectivity index (χ3n) is 2.57. The molecule has 0 heterocycles. The van der Waals surface area contributed by atoms with Crippen LogP contribution >= 0.6 is 0 Å². The second-order valence-corrected chi connectivity index (χ2v) is 4.57. The standard InChI is InChI=1S/C9H17F3N2/c1-8(13,7-3-4-7)5-14(2)6-9(10,11)12/h7H,3-6,13H2,1-2H3. The van der Waals surface area contributed by atoms with Crippen molar-refractivity contribution in [3.63, 3.8) is 0 Å².